The molecule has 0 saturated heterocycles. The van der Waals surface area contributed by atoms with Crippen LogP contribution < -0.4 is 5.32 Å². The molecule has 0 aliphatic carbocycles. The Morgan fingerprint density at radius 2 is 2.00 bits per heavy atom. The zero-order valence-electron chi connectivity index (χ0n) is 10.4. The molecule has 0 atom stereocenters. The van der Waals surface area contributed by atoms with Gasteiger partial charge in [-0.15, -0.1) is 0 Å². The lowest BCUT2D eigenvalue weighted by Crippen LogP contribution is -2.11. The molecule has 3 rings (SSSR count). The number of thiazole rings is 1. The molecule has 0 radical (unpaired) electrons. The van der Waals surface area contributed by atoms with Crippen molar-refractivity contribution in [2.75, 3.05) is 5.32 Å². The van der Waals surface area contributed by atoms with Gasteiger partial charge in [-0.05, 0) is 52.3 Å². The number of benzene rings is 2. The molecule has 0 saturated carbocycles. The number of hydrogen-bond acceptors (Lipinski definition) is 3. The van der Waals surface area contributed by atoms with Gasteiger partial charge in [0.15, 0.2) is 5.13 Å². The molecule has 0 bridgehead atoms. The van der Waals surface area contributed by atoms with Gasteiger partial charge in [0, 0.05) is 15.1 Å². The summed E-state index contributed by atoms with van der Waals surface area (Å²) in [5, 5.41) is 4.51. The summed E-state index contributed by atoms with van der Waals surface area (Å²) in [4.78, 5) is 16.5. The fourth-order valence-electron chi connectivity index (χ4n) is 1.76. The van der Waals surface area contributed by atoms with Gasteiger partial charge in [-0.2, -0.15) is 0 Å². The van der Waals surface area contributed by atoms with Crippen molar-refractivity contribution in [1.82, 2.24) is 4.98 Å². The van der Waals surface area contributed by atoms with Crippen LogP contribution in [-0.4, -0.2) is 10.9 Å². The van der Waals surface area contributed by atoms with Crippen molar-refractivity contribution < 1.29 is 4.79 Å². The number of carbonyl (C=O) groups excluding carboxylic acids is 1. The second-order valence-electron chi connectivity index (χ2n) is 4.21. The molecule has 3 nitrogen and oxygen atoms in total. The summed E-state index contributed by atoms with van der Waals surface area (Å²) in [6.45, 7) is 0. The third-order valence-corrected chi connectivity index (χ3v) is 5.14. The normalized spacial score (nSPS) is 10.8. The molecule has 0 aliphatic rings. The maximum atomic E-state index is 12.2. The number of nitrogens with one attached hydrogen (secondary N) is 1. The minimum Gasteiger partial charge on any atom is -0.298 e. The summed E-state index contributed by atoms with van der Waals surface area (Å²) in [5.41, 5.74) is 1.31. The molecule has 0 unspecified atom stereocenters. The number of anilines is 1. The predicted octanol–water partition coefficient (Wildman–Crippen LogP) is 5.62. The van der Waals surface area contributed by atoms with Crippen LogP contribution in [0.25, 0.3) is 10.2 Å². The quantitative estimate of drug-likeness (QED) is 0.605. The summed E-state index contributed by atoms with van der Waals surface area (Å²) < 4.78 is 1.60. The van der Waals surface area contributed by atoms with Crippen molar-refractivity contribution in [3.05, 3.63) is 56.5 Å². The van der Waals surface area contributed by atoms with Crippen LogP contribution in [0, 0.1) is 0 Å². The minimum atomic E-state index is -0.238. The maximum Gasteiger partial charge on any atom is 0.257 e. The van der Waals surface area contributed by atoms with Crippen molar-refractivity contribution in [2.45, 2.75) is 0 Å². The Bertz CT molecular complexity index is 850. The van der Waals surface area contributed by atoms with E-state index in [1.807, 2.05) is 12.1 Å². The number of aromatic nitrogens is 1. The summed E-state index contributed by atoms with van der Waals surface area (Å²) in [5.74, 6) is -0.238. The molecule has 0 aliphatic heterocycles. The van der Waals surface area contributed by atoms with Gasteiger partial charge in [0.1, 0.15) is 0 Å². The molecule has 1 amide bonds. The summed E-state index contributed by atoms with van der Waals surface area (Å²) >= 11 is 16.5. The first-order valence-corrected chi connectivity index (χ1v) is 8.22. The van der Waals surface area contributed by atoms with E-state index in [0.29, 0.717) is 25.2 Å². The Kier molecular flexibility index (Phi) is 4.17. The van der Waals surface area contributed by atoms with E-state index < -0.39 is 0 Å². The molecule has 3 aromatic rings. The zero-order chi connectivity index (χ0) is 15.0. The number of hydrogen-bond donors (Lipinski definition) is 1. The second kappa shape index (κ2) is 5.93. The number of nitrogens with zero attached hydrogens (tertiary/aromatic N) is 1. The molecule has 7 heteroatoms. The fourth-order valence-corrected chi connectivity index (χ4v) is 3.39. The first kappa shape index (κ1) is 14.8. The highest BCUT2D eigenvalue weighted by Gasteiger charge is 2.11. The van der Waals surface area contributed by atoms with Crippen LogP contribution in [0.1, 0.15) is 10.4 Å². The Balaban J connectivity index is 1.87. The van der Waals surface area contributed by atoms with E-state index >= 15 is 0 Å². The molecule has 1 heterocycles. The van der Waals surface area contributed by atoms with E-state index in [1.165, 1.54) is 11.3 Å². The topological polar surface area (TPSA) is 42.0 Å². The molecule has 1 aromatic heterocycles. The van der Waals surface area contributed by atoms with Gasteiger partial charge < -0.3 is 0 Å². The van der Waals surface area contributed by atoms with E-state index in [0.717, 1.165) is 10.2 Å². The van der Waals surface area contributed by atoms with Crippen molar-refractivity contribution >= 4 is 71.7 Å². The molecule has 21 heavy (non-hydrogen) atoms. The summed E-state index contributed by atoms with van der Waals surface area (Å²) in [6, 6.07) is 10.4. The highest BCUT2D eigenvalue weighted by atomic mass is 79.9. The monoisotopic (exact) mass is 400 g/mol. The van der Waals surface area contributed by atoms with Gasteiger partial charge in [-0.25, -0.2) is 4.98 Å². The first-order valence-electron chi connectivity index (χ1n) is 5.85. The molecule has 1 N–H and O–H groups in total. The number of fused-ring (bicyclic) bond motifs is 1. The number of carbonyl (C=O) groups is 1. The first-order chi connectivity index (χ1) is 10.0. The van der Waals surface area contributed by atoms with Crippen LogP contribution in [0.15, 0.2) is 40.9 Å². The maximum absolute atomic E-state index is 12.2. The van der Waals surface area contributed by atoms with E-state index in [-0.39, 0.29) is 5.91 Å². The third kappa shape index (κ3) is 3.21. The second-order valence-corrected chi connectivity index (χ2v) is 6.94. The van der Waals surface area contributed by atoms with Crippen LogP contribution in [-0.2, 0) is 0 Å². The number of amides is 1. The Morgan fingerprint density at radius 3 is 2.76 bits per heavy atom. The average molecular weight is 402 g/mol. The van der Waals surface area contributed by atoms with Crippen LogP contribution in [0.4, 0.5) is 5.13 Å². The SMILES string of the molecule is O=C(Nc1nc2ccc(Cl)cc2s1)c1ccc(Cl)c(Br)c1. The summed E-state index contributed by atoms with van der Waals surface area (Å²) in [7, 11) is 0. The molecular weight excluding hydrogens is 395 g/mol. The van der Waals surface area contributed by atoms with Crippen molar-refractivity contribution in [3.63, 3.8) is 0 Å². The van der Waals surface area contributed by atoms with Crippen molar-refractivity contribution in [1.29, 1.82) is 0 Å². The van der Waals surface area contributed by atoms with E-state index in [1.54, 1.807) is 24.3 Å². The van der Waals surface area contributed by atoms with Gasteiger partial charge >= 0.3 is 0 Å². The lowest BCUT2D eigenvalue weighted by atomic mass is 10.2. The standard InChI is InChI=1S/C14H7BrCl2N2OS/c15-9-5-7(1-3-10(9)17)13(20)19-14-18-11-4-2-8(16)6-12(11)21-14/h1-6H,(H,18,19,20). The zero-order valence-corrected chi connectivity index (χ0v) is 14.3. The minimum absolute atomic E-state index is 0.238. The number of rotatable bonds is 2. The molecule has 2 aromatic carbocycles. The average Bonchev–Trinajstić information content (AvgIpc) is 2.83. The lowest BCUT2D eigenvalue weighted by Gasteiger charge is -2.03. The Labute approximate surface area is 143 Å². The summed E-state index contributed by atoms with van der Waals surface area (Å²) in [6.07, 6.45) is 0. The van der Waals surface area contributed by atoms with E-state index in [2.05, 4.69) is 26.2 Å². The number of halogens is 3. The Morgan fingerprint density at radius 1 is 1.19 bits per heavy atom. The smallest absolute Gasteiger partial charge is 0.257 e. The highest BCUT2D eigenvalue weighted by molar-refractivity contribution is 9.10. The van der Waals surface area contributed by atoms with Crippen LogP contribution in [0.5, 0.6) is 0 Å². The van der Waals surface area contributed by atoms with Crippen molar-refractivity contribution in [2.24, 2.45) is 0 Å². The van der Waals surface area contributed by atoms with Crippen molar-refractivity contribution in [3.8, 4) is 0 Å². The van der Waals surface area contributed by atoms with Gasteiger partial charge in [-0.3, -0.25) is 10.1 Å². The van der Waals surface area contributed by atoms with Gasteiger partial charge in [0.25, 0.3) is 5.91 Å². The molecular formula is C14H7BrCl2N2OS. The lowest BCUT2D eigenvalue weighted by molar-refractivity contribution is 0.102. The largest absolute Gasteiger partial charge is 0.298 e. The fraction of sp³-hybridized carbons (Fsp3) is 0. The predicted molar refractivity (Wildman–Crippen MR) is 91.7 cm³/mol. The van der Waals surface area contributed by atoms with Gasteiger partial charge in [0.05, 0.1) is 15.2 Å². The van der Waals surface area contributed by atoms with E-state index in [9.17, 15) is 4.79 Å². The van der Waals surface area contributed by atoms with Crippen LogP contribution in [0.2, 0.25) is 10.0 Å². The molecule has 106 valence electrons. The third-order valence-electron chi connectivity index (χ3n) is 2.75. The molecule has 0 spiro atoms. The van der Waals surface area contributed by atoms with E-state index in [4.69, 9.17) is 23.2 Å². The van der Waals surface area contributed by atoms with Crippen LogP contribution in [0.3, 0.4) is 0 Å². The molecule has 0 fully saturated rings. The van der Waals surface area contributed by atoms with Gasteiger partial charge in [0.2, 0.25) is 0 Å². The highest BCUT2D eigenvalue weighted by Crippen LogP contribution is 2.29. The Hall–Kier alpha value is -1.14. The van der Waals surface area contributed by atoms with Gasteiger partial charge in [-0.1, -0.05) is 34.5 Å². The van der Waals surface area contributed by atoms with Crippen LogP contribution >= 0.6 is 50.5 Å².